The molecule has 1 heterocycles. The van der Waals surface area contributed by atoms with E-state index in [0.717, 1.165) is 19.3 Å². The first kappa shape index (κ1) is 42.5. The third kappa shape index (κ3) is 7.60. The molecule has 13 heteroatoms. The Bertz CT molecular complexity index is 1830. The van der Waals surface area contributed by atoms with Gasteiger partial charge in [0, 0.05) is 23.6 Å². The quantitative estimate of drug-likeness (QED) is 0.141. The molecule has 3 aliphatic rings. The van der Waals surface area contributed by atoms with Gasteiger partial charge in [0.15, 0.2) is 25.5 Å². The molecule has 0 unspecified atom stereocenters. The first-order chi connectivity index (χ1) is 25.7. The first-order valence-corrected chi connectivity index (χ1v) is 22.7. The van der Waals surface area contributed by atoms with Crippen molar-refractivity contribution >= 4 is 25.8 Å². The number of amides is 1. The van der Waals surface area contributed by atoms with Crippen LogP contribution in [0.1, 0.15) is 136 Å². The monoisotopic (exact) mass is 781 g/mol. The van der Waals surface area contributed by atoms with E-state index in [4.69, 9.17) is 23.2 Å². The van der Waals surface area contributed by atoms with Gasteiger partial charge in [-0.05, 0) is 80.5 Å². The molecule has 0 spiro atoms. The van der Waals surface area contributed by atoms with Gasteiger partial charge >= 0.3 is 0 Å². The maximum Gasteiger partial charge on any atom is 0.265 e. The Balaban J connectivity index is 1.80. The number of carbonyl (C=O) groups excluding carboxylic acids is 3. The summed E-state index contributed by atoms with van der Waals surface area (Å²) in [6, 6.07) is 1.10. The first-order valence-electron chi connectivity index (χ1n) is 19.8. The largest absolute Gasteiger partial charge is 0.508 e. The summed E-state index contributed by atoms with van der Waals surface area (Å²) in [5.74, 6) is -2.08. The van der Waals surface area contributed by atoms with Crippen molar-refractivity contribution in [3.8, 4) is 17.4 Å². The molecular formula is C42H63N3O9Si. The molecule has 304 valence electrons. The Morgan fingerprint density at radius 3 is 2.25 bits per heavy atom. The number of methoxy groups -OCH3 is 1. The molecular weight excluding hydrogens is 719 g/mol. The van der Waals surface area contributed by atoms with E-state index in [1.807, 2.05) is 66.7 Å². The molecule has 2 N–H and O–H groups in total. The second-order valence-corrected chi connectivity index (χ2v) is 23.1. The summed E-state index contributed by atoms with van der Waals surface area (Å²) in [4.78, 5) is 46.6. The number of benzene rings is 1. The molecule has 1 aromatic carbocycles. The summed E-state index contributed by atoms with van der Waals surface area (Å²) in [5, 5.41) is 19.9. The number of aliphatic hydroxyl groups excluding tert-OH is 1. The van der Waals surface area contributed by atoms with Crippen LogP contribution in [-0.2, 0) is 10.8 Å². The van der Waals surface area contributed by atoms with E-state index in [2.05, 4.69) is 31.2 Å². The standard InChI is InChI=1S/C42H63N3O9Si/c1-14-16-18-51-34-26(38(49)43-23-40(3,4)5)22-28(50-11)25-20-24-21-27-32(45(9)10)35-31(39(44-53-35)52-19-17-15-2)37(48)42(27,54-55(12,13)41(6,7)8)36(47)29(24)33(46)30(25)34/h22,24,27,32,47H,14-21,23H2,1-13H3,(H,43,49)/t24-,27-,32-,42-/m0/s1. The van der Waals surface area contributed by atoms with Crippen molar-refractivity contribution in [2.24, 2.45) is 17.3 Å². The van der Waals surface area contributed by atoms with Crippen LogP contribution in [0.4, 0.5) is 0 Å². The number of hydrogen-bond donors (Lipinski definition) is 2. The molecule has 5 rings (SSSR count). The van der Waals surface area contributed by atoms with Crippen molar-refractivity contribution < 1.29 is 42.6 Å². The van der Waals surface area contributed by atoms with Gasteiger partial charge in [-0.25, -0.2) is 0 Å². The van der Waals surface area contributed by atoms with Crippen molar-refractivity contribution in [1.29, 1.82) is 0 Å². The molecule has 55 heavy (non-hydrogen) atoms. The second-order valence-electron chi connectivity index (χ2n) is 18.4. The van der Waals surface area contributed by atoms with Crippen LogP contribution in [0.5, 0.6) is 17.4 Å². The number of unbranched alkanes of at least 4 members (excludes halogenated alkanes) is 2. The molecule has 4 atom stereocenters. The van der Waals surface area contributed by atoms with E-state index in [1.165, 1.54) is 7.11 Å². The number of nitrogens with one attached hydrogen (secondary N) is 1. The van der Waals surface area contributed by atoms with Crippen LogP contribution in [0.25, 0.3) is 0 Å². The van der Waals surface area contributed by atoms with Crippen molar-refractivity contribution in [1.82, 2.24) is 15.4 Å². The van der Waals surface area contributed by atoms with Gasteiger partial charge in [-0.1, -0.05) is 68.2 Å². The highest BCUT2D eigenvalue weighted by atomic mass is 28.4. The Labute approximate surface area is 327 Å². The van der Waals surface area contributed by atoms with Gasteiger partial charge in [-0.2, -0.15) is 0 Å². The van der Waals surface area contributed by atoms with Crippen LogP contribution in [-0.4, -0.2) is 87.5 Å². The normalized spacial score (nSPS) is 22.5. The summed E-state index contributed by atoms with van der Waals surface area (Å²) in [6.45, 7) is 21.4. The predicted molar refractivity (Wildman–Crippen MR) is 213 cm³/mol. The Morgan fingerprint density at radius 2 is 1.69 bits per heavy atom. The minimum atomic E-state index is -2.89. The van der Waals surface area contributed by atoms with E-state index < -0.39 is 55.0 Å². The summed E-state index contributed by atoms with van der Waals surface area (Å²) >= 11 is 0. The fourth-order valence-corrected chi connectivity index (χ4v) is 9.28. The molecule has 1 amide bonds. The smallest absolute Gasteiger partial charge is 0.265 e. The van der Waals surface area contributed by atoms with Crippen molar-refractivity contribution in [2.45, 2.75) is 124 Å². The van der Waals surface area contributed by atoms with Crippen molar-refractivity contribution in [3.63, 3.8) is 0 Å². The minimum Gasteiger partial charge on any atom is -0.508 e. The van der Waals surface area contributed by atoms with Crippen LogP contribution in [0.3, 0.4) is 0 Å². The zero-order valence-electron chi connectivity index (χ0n) is 35.3. The van der Waals surface area contributed by atoms with Gasteiger partial charge in [0.1, 0.15) is 22.8 Å². The lowest BCUT2D eigenvalue weighted by molar-refractivity contribution is -0.0480. The van der Waals surface area contributed by atoms with E-state index >= 15 is 9.59 Å². The molecule has 3 aliphatic carbocycles. The highest BCUT2D eigenvalue weighted by molar-refractivity contribution is 6.74. The fourth-order valence-electron chi connectivity index (χ4n) is 7.83. The van der Waals surface area contributed by atoms with Gasteiger partial charge in [0.2, 0.25) is 5.78 Å². The highest BCUT2D eigenvalue weighted by Crippen LogP contribution is 2.60. The summed E-state index contributed by atoms with van der Waals surface area (Å²) < 4.78 is 31.5. The number of rotatable bonds is 14. The van der Waals surface area contributed by atoms with Crippen LogP contribution in [0, 0.1) is 17.3 Å². The number of ether oxygens (including phenoxy) is 3. The number of fused-ring (bicyclic) bond motifs is 4. The van der Waals surface area contributed by atoms with Gasteiger partial charge in [-0.15, -0.1) is 0 Å². The average molecular weight is 782 g/mol. The molecule has 1 aromatic heterocycles. The number of allylic oxidation sites excluding steroid dienone is 1. The molecule has 0 fully saturated rings. The number of carbonyl (C=O) groups is 3. The molecule has 0 saturated heterocycles. The van der Waals surface area contributed by atoms with Crippen LogP contribution >= 0.6 is 0 Å². The zero-order valence-corrected chi connectivity index (χ0v) is 36.3. The maximum absolute atomic E-state index is 15.4. The van der Waals surface area contributed by atoms with E-state index in [-0.39, 0.29) is 51.0 Å². The van der Waals surface area contributed by atoms with Gasteiger partial charge in [0.05, 0.1) is 37.5 Å². The molecule has 0 radical (unpaired) electrons. The number of nitrogens with zero attached hydrogens (tertiary/aromatic N) is 2. The third-order valence-corrected chi connectivity index (χ3v) is 16.2. The number of hydrogen-bond acceptors (Lipinski definition) is 11. The Hall–Kier alpha value is -3.68. The number of aromatic nitrogens is 1. The summed E-state index contributed by atoms with van der Waals surface area (Å²) in [5.41, 5.74) is -0.992. The number of ketones is 2. The van der Waals surface area contributed by atoms with Crippen LogP contribution < -0.4 is 19.5 Å². The van der Waals surface area contributed by atoms with E-state index in [0.29, 0.717) is 49.5 Å². The molecule has 0 aliphatic heterocycles. The number of aliphatic hydroxyl groups is 1. The minimum absolute atomic E-state index is 0.0551. The predicted octanol–water partition coefficient (Wildman–Crippen LogP) is 8.26. The lowest BCUT2D eigenvalue weighted by Gasteiger charge is -2.55. The Kier molecular flexibility index (Phi) is 12.1. The van der Waals surface area contributed by atoms with E-state index in [1.54, 1.807) is 6.07 Å². The topological polar surface area (TPSA) is 150 Å². The highest BCUT2D eigenvalue weighted by Gasteiger charge is 2.67. The molecule has 0 bridgehead atoms. The Morgan fingerprint density at radius 1 is 1.05 bits per heavy atom. The lowest BCUT2D eigenvalue weighted by Crippen LogP contribution is -2.65. The van der Waals surface area contributed by atoms with Crippen molar-refractivity contribution in [2.75, 3.05) is 41.0 Å². The number of Topliss-reactive ketones (excluding diaryl/α,β-unsaturated/α-hetero) is 2. The van der Waals surface area contributed by atoms with Gasteiger partial charge in [-0.3, -0.25) is 19.3 Å². The van der Waals surface area contributed by atoms with Crippen LogP contribution in [0.2, 0.25) is 18.1 Å². The molecule has 0 saturated carbocycles. The van der Waals surface area contributed by atoms with Crippen LogP contribution in [0.15, 0.2) is 21.9 Å². The maximum atomic E-state index is 15.4. The SMILES string of the molecule is CCCCOc1noc2c1C(=O)[C@@]1(O[Si](C)(C)C(C)(C)C)C(O)=C3C(=O)c4c(c(OC)cc(C(=O)NCC(C)(C)C)c4OCCCC)C[C@H]3C[C@H]1[C@@H]2N(C)C. The molecule has 2 aromatic rings. The van der Waals surface area contributed by atoms with E-state index in [9.17, 15) is 9.90 Å². The third-order valence-electron chi connectivity index (χ3n) is 11.7. The van der Waals surface area contributed by atoms with Gasteiger partial charge in [0.25, 0.3) is 11.8 Å². The molecule has 12 nitrogen and oxygen atoms in total. The fraction of sp³-hybridized carbons (Fsp3) is 0.667. The zero-order chi connectivity index (χ0) is 40.8. The lowest BCUT2D eigenvalue weighted by atomic mass is 9.58. The summed E-state index contributed by atoms with van der Waals surface area (Å²) in [7, 11) is 2.42. The van der Waals surface area contributed by atoms with Gasteiger partial charge < -0.3 is 33.6 Å². The van der Waals surface area contributed by atoms with Crippen molar-refractivity contribution in [3.05, 3.63) is 45.4 Å². The second kappa shape index (κ2) is 15.7. The average Bonchev–Trinajstić information content (AvgIpc) is 3.50. The summed E-state index contributed by atoms with van der Waals surface area (Å²) in [6.07, 6.45) is 3.76.